The van der Waals surface area contributed by atoms with E-state index < -0.39 is 30.3 Å². The molecule has 0 amide bonds. The van der Waals surface area contributed by atoms with E-state index in [0.717, 1.165) is 0 Å². The zero-order valence-corrected chi connectivity index (χ0v) is 15.0. The van der Waals surface area contributed by atoms with Gasteiger partial charge in [0.25, 0.3) is 0 Å². The van der Waals surface area contributed by atoms with E-state index in [9.17, 15) is 9.59 Å². The Hall–Kier alpha value is -2.60. The number of hydrogen-bond donors (Lipinski definition) is 6. The molecule has 150 valence electrons. The number of rotatable bonds is 12. The molecule has 2 atom stereocenters. The average molecular weight is 374 g/mol. The predicted octanol–water partition coefficient (Wildman–Crippen LogP) is -2.82. The average Bonchev–Trinajstić information content (AvgIpc) is 2.54. The summed E-state index contributed by atoms with van der Waals surface area (Å²) in [7, 11) is 0. The third-order valence-electron chi connectivity index (χ3n) is 3.10. The van der Waals surface area contributed by atoms with Crippen LogP contribution in [0.3, 0.4) is 0 Å². The van der Waals surface area contributed by atoms with E-state index in [-0.39, 0.29) is 11.9 Å². The topological polar surface area (TPSA) is 233 Å². The van der Waals surface area contributed by atoms with Gasteiger partial charge in [0.2, 0.25) is 6.29 Å². The number of esters is 2. The number of hydrogen-bond acceptors (Lipinski definition) is 8. The van der Waals surface area contributed by atoms with Crippen molar-refractivity contribution < 1.29 is 19.1 Å². The highest BCUT2D eigenvalue weighted by atomic mass is 16.7. The molecular formula is C14H30N8O4. The monoisotopic (exact) mass is 374 g/mol. The van der Waals surface area contributed by atoms with E-state index in [0.29, 0.717) is 38.8 Å². The minimum atomic E-state index is -1.11. The standard InChI is InChI=1S/C14H30N8O4/c1-8(25-11(23)9(15)4-2-6-21-13(17)18)26-12(24)10(16)5-3-7-22-14(19)20/h8-10H,2-7,15-16H2,1H3,(H4,17,18,21)(H4,19,20,22). The second kappa shape index (κ2) is 12.7. The van der Waals surface area contributed by atoms with Crippen molar-refractivity contribution in [2.75, 3.05) is 13.1 Å². The van der Waals surface area contributed by atoms with Crippen molar-refractivity contribution in [3.8, 4) is 0 Å². The van der Waals surface area contributed by atoms with E-state index in [1.165, 1.54) is 6.92 Å². The molecule has 12 nitrogen and oxygen atoms in total. The first kappa shape index (κ1) is 23.4. The van der Waals surface area contributed by atoms with Crippen molar-refractivity contribution in [2.24, 2.45) is 44.4 Å². The lowest BCUT2D eigenvalue weighted by atomic mass is 10.2. The van der Waals surface area contributed by atoms with Gasteiger partial charge in [0.15, 0.2) is 11.9 Å². The zero-order valence-electron chi connectivity index (χ0n) is 15.0. The van der Waals surface area contributed by atoms with Crippen molar-refractivity contribution in [3.63, 3.8) is 0 Å². The molecule has 0 heterocycles. The maximum Gasteiger partial charge on any atom is 0.325 e. The van der Waals surface area contributed by atoms with Crippen LogP contribution in [0.1, 0.15) is 32.6 Å². The van der Waals surface area contributed by atoms with Gasteiger partial charge in [-0.3, -0.25) is 19.6 Å². The number of aliphatic imine (C=N–C) groups is 2. The molecule has 26 heavy (non-hydrogen) atoms. The van der Waals surface area contributed by atoms with Crippen LogP contribution in [0, 0.1) is 0 Å². The van der Waals surface area contributed by atoms with Crippen LogP contribution in [0.15, 0.2) is 9.98 Å². The second-order valence-corrected chi connectivity index (χ2v) is 5.55. The zero-order chi connectivity index (χ0) is 20.1. The van der Waals surface area contributed by atoms with Crippen LogP contribution >= 0.6 is 0 Å². The maximum absolute atomic E-state index is 11.8. The van der Waals surface area contributed by atoms with Crippen molar-refractivity contribution in [1.29, 1.82) is 0 Å². The van der Waals surface area contributed by atoms with E-state index in [1.54, 1.807) is 0 Å². The van der Waals surface area contributed by atoms with Crippen LogP contribution in [0.5, 0.6) is 0 Å². The Morgan fingerprint density at radius 1 is 0.808 bits per heavy atom. The summed E-state index contributed by atoms with van der Waals surface area (Å²) in [5.41, 5.74) is 32.1. The van der Waals surface area contributed by atoms with Crippen LogP contribution in [-0.4, -0.2) is 55.3 Å². The maximum atomic E-state index is 11.8. The van der Waals surface area contributed by atoms with Crippen LogP contribution < -0.4 is 34.4 Å². The van der Waals surface area contributed by atoms with E-state index in [1.807, 2.05) is 0 Å². The molecule has 0 aliphatic rings. The fraction of sp³-hybridized carbons (Fsp3) is 0.714. The van der Waals surface area contributed by atoms with Crippen molar-refractivity contribution in [2.45, 2.75) is 51.0 Å². The van der Waals surface area contributed by atoms with Gasteiger partial charge in [0.1, 0.15) is 12.1 Å². The molecule has 0 saturated heterocycles. The lowest BCUT2D eigenvalue weighted by Gasteiger charge is -2.18. The number of guanidine groups is 2. The van der Waals surface area contributed by atoms with E-state index in [2.05, 4.69) is 9.98 Å². The van der Waals surface area contributed by atoms with Crippen molar-refractivity contribution in [1.82, 2.24) is 0 Å². The summed E-state index contributed by atoms with van der Waals surface area (Å²) >= 11 is 0. The summed E-state index contributed by atoms with van der Waals surface area (Å²) in [4.78, 5) is 31.2. The molecule has 0 aliphatic heterocycles. The highest BCUT2D eigenvalue weighted by Gasteiger charge is 2.22. The van der Waals surface area contributed by atoms with Gasteiger partial charge < -0.3 is 43.9 Å². The normalized spacial score (nSPS) is 13.8. The third-order valence-corrected chi connectivity index (χ3v) is 3.10. The van der Waals surface area contributed by atoms with Gasteiger partial charge in [-0.2, -0.15) is 0 Å². The molecule has 0 radical (unpaired) electrons. The van der Waals surface area contributed by atoms with Gasteiger partial charge in [-0.05, 0) is 25.7 Å². The summed E-state index contributed by atoms with van der Waals surface area (Å²) in [6.45, 7) is 2.10. The van der Waals surface area contributed by atoms with Gasteiger partial charge in [-0.15, -0.1) is 0 Å². The summed E-state index contributed by atoms with van der Waals surface area (Å²) < 4.78 is 9.93. The number of nitrogens with two attached hydrogens (primary N) is 6. The Morgan fingerprint density at radius 2 is 1.15 bits per heavy atom. The Kier molecular flexibility index (Phi) is 11.4. The molecule has 0 aromatic carbocycles. The SMILES string of the molecule is CC(OC(=O)C(N)CCCN=C(N)N)OC(=O)C(N)CCCN=C(N)N. The molecular weight excluding hydrogens is 344 g/mol. The van der Waals surface area contributed by atoms with Crippen LogP contribution in [0.2, 0.25) is 0 Å². The number of nitrogens with zero attached hydrogens (tertiary/aromatic N) is 2. The Morgan fingerprint density at radius 3 is 1.46 bits per heavy atom. The van der Waals surface area contributed by atoms with Gasteiger partial charge in [0.05, 0.1) is 0 Å². The van der Waals surface area contributed by atoms with Crippen LogP contribution in [-0.2, 0) is 19.1 Å². The molecule has 2 unspecified atom stereocenters. The summed E-state index contributed by atoms with van der Waals surface area (Å²) in [6, 6.07) is -1.75. The molecule has 0 spiro atoms. The molecule has 0 saturated carbocycles. The predicted molar refractivity (Wildman–Crippen MR) is 97.4 cm³/mol. The van der Waals surface area contributed by atoms with Gasteiger partial charge >= 0.3 is 11.9 Å². The summed E-state index contributed by atoms with van der Waals surface area (Å²) in [5, 5.41) is 0. The van der Waals surface area contributed by atoms with Crippen LogP contribution in [0.4, 0.5) is 0 Å². The van der Waals surface area contributed by atoms with Gasteiger partial charge in [-0.1, -0.05) is 0 Å². The van der Waals surface area contributed by atoms with Crippen molar-refractivity contribution >= 4 is 23.9 Å². The lowest BCUT2D eigenvalue weighted by Crippen LogP contribution is -2.39. The summed E-state index contributed by atoms with van der Waals surface area (Å²) in [6.07, 6.45) is 0.537. The number of carbonyl (C=O) groups is 2. The minimum Gasteiger partial charge on any atom is -0.424 e. The molecule has 12 heteroatoms. The fourth-order valence-electron chi connectivity index (χ4n) is 1.80. The third kappa shape index (κ3) is 11.9. The Balaban J connectivity index is 4.11. The van der Waals surface area contributed by atoms with E-state index in [4.69, 9.17) is 43.9 Å². The molecule has 0 aromatic heterocycles. The van der Waals surface area contributed by atoms with E-state index >= 15 is 0 Å². The molecule has 0 aliphatic carbocycles. The highest BCUT2D eigenvalue weighted by Crippen LogP contribution is 2.05. The molecule has 0 bridgehead atoms. The summed E-state index contributed by atoms with van der Waals surface area (Å²) in [5.74, 6) is -1.46. The fourth-order valence-corrected chi connectivity index (χ4v) is 1.80. The number of ether oxygens (including phenoxy) is 2. The van der Waals surface area contributed by atoms with Crippen LogP contribution in [0.25, 0.3) is 0 Å². The lowest BCUT2D eigenvalue weighted by molar-refractivity contribution is -0.186. The minimum absolute atomic E-state index is 0.0312. The van der Waals surface area contributed by atoms with Crippen molar-refractivity contribution in [3.05, 3.63) is 0 Å². The van der Waals surface area contributed by atoms with Gasteiger partial charge in [-0.25, -0.2) is 0 Å². The first-order chi connectivity index (χ1) is 12.1. The Bertz CT molecular complexity index is 459. The van der Waals surface area contributed by atoms with Gasteiger partial charge in [0, 0.05) is 20.0 Å². The quantitative estimate of drug-likeness (QED) is 0.0673. The molecule has 0 aromatic rings. The first-order valence-electron chi connectivity index (χ1n) is 8.16. The Labute approximate surface area is 152 Å². The largest absolute Gasteiger partial charge is 0.424 e. The first-order valence-corrected chi connectivity index (χ1v) is 8.16. The second-order valence-electron chi connectivity index (χ2n) is 5.55. The smallest absolute Gasteiger partial charge is 0.325 e. The highest BCUT2D eigenvalue weighted by molar-refractivity contribution is 5.77. The molecule has 0 rings (SSSR count). The molecule has 12 N–H and O–H groups in total. The number of carbonyl (C=O) groups excluding carboxylic acids is 2. The molecule has 0 fully saturated rings.